The van der Waals surface area contributed by atoms with Crippen molar-refractivity contribution < 1.29 is 0 Å². The van der Waals surface area contributed by atoms with Gasteiger partial charge in [0.05, 0.1) is 30.6 Å². The van der Waals surface area contributed by atoms with E-state index in [0.29, 0.717) is 52.4 Å². The van der Waals surface area contributed by atoms with Crippen LogP contribution in [0.2, 0.25) is 0 Å². The number of thiazole rings is 3. The molecule has 0 radical (unpaired) electrons. The Morgan fingerprint density at radius 1 is 0.128 bits per heavy atom. The van der Waals surface area contributed by atoms with Crippen LogP contribution in [-0.4, -0.2) is 59.8 Å². The summed E-state index contributed by atoms with van der Waals surface area (Å²) in [6.07, 6.45) is 0. The predicted molar refractivity (Wildman–Crippen MR) is 586 cm³/mol. The fraction of sp³-hybridized carbons (Fsp3) is 0. The van der Waals surface area contributed by atoms with Crippen molar-refractivity contribution in [2.45, 2.75) is 0 Å². The molecule has 0 fully saturated rings. The molecule has 0 aliphatic rings. The smallest absolute Gasteiger partial charge is 0.164 e. The first-order chi connectivity index (χ1) is 69.8. The van der Waals surface area contributed by atoms with Crippen LogP contribution in [0.5, 0.6) is 0 Å². The highest BCUT2D eigenvalue weighted by molar-refractivity contribution is 7.22. The second-order valence-electron chi connectivity index (χ2n) is 34.5. The third kappa shape index (κ3) is 16.9. The van der Waals surface area contributed by atoms with E-state index < -0.39 is 0 Å². The van der Waals surface area contributed by atoms with Crippen LogP contribution in [0, 0.1) is 0 Å². The zero-order valence-electron chi connectivity index (χ0n) is 75.6. The van der Waals surface area contributed by atoms with Gasteiger partial charge >= 0.3 is 0 Å². The zero-order valence-corrected chi connectivity index (χ0v) is 78.1. The first-order valence-corrected chi connectivity index (χ1v) is 49.1. The van der Waals surface area contributed by atoms with Gasteiger partial charge in [0.15, 0.2) is 52.4 Å². The zero-order chi connectivity index (χ0) is 93.5. The maximum Gasteiger partial charge on any atom is 0.164 e. The van der Waals surface area contributed by atoms with Crippen molar-refractivity contribution in [3.63, 3.8) is 0 Å². The fourth-order valence-electron chi connectivity index (χ4n) is 18.6. The minimum Gasteiger partial charge on any atom is -0.235 e. The number of nitrogens with zero attached hydrogens (tertiary/aromatic N) is 12. The van der Waals surface area contributed by atoms with Crippen molar-refractivity contribution in [3.05, 3.63) is 473 Å². The Morgan fingerprint density at radius 3 is 0.695 bits per heavy atom. The van der Waals surface area contributed by atoms with E-state index in [1.807, 2.05) is 146 Å². The van der Waals surface area contributed by atoms with Crippen molar-refractivity contribution >= 4 is 129 Å². The summed E-state index contributed by atoms with van der Waals surface area (Å²) < 4.78 is 3.53. The highest BCUT2D eigenvalue weighted by Crippen LogP contribution is 2.46. The Kier molecular flexibility index (Phi) is 22.3. The van der Waals surface area contributed by atoms with Gasteiger partial charge in [-0.15, -0.1) is 34.0 Å². The maximum absolute atomic E-state index is 5.30. The fourth-order valence-corrected chi connectivity index (χ4v) is 21.6. The summed E-state index contributed by atoms with van der Waals surface area (Å²) >= 11 is 5.21. The molecule has 0 spiro atoms. The second kappa shape index (κ2) is 37.2. The van der Waals surface area contributed by atoms with Crippen LogP contribution in [0.15, 0.2) is 473 Å². The molecule has 660 valence electrons. The Bertz CT molecular complexity index is 9340. The highest BCUT2D eigenvalue weighted by atomic mass is 32.1. The molecule has 21 aromatic carbocycles. The SMILES string of the molecule is c1ccc(-c2ccc(-c3nc(-c4ccccc4)nc(-c4ccc5c(ccc6ccc7sc(-c8ccccc8)nc7c65)c4)n3)cc2)cc1.c1ccc(-c2cccc(-c3nc(-c4ccccc4)nc(-c4ccc5c(ccc6ccc7sc(-c8ccccc8)nc7c65)c4)n3)c2)cc1.c1ccc(-c2nc(-c3ccccc3)nc(-c3ccc4c(ccc5ccc6sc(-c7ccccc7-c7ccccc7)nc6c54)c3)n2)cc1. The summed E-state index contributed by atoms with van der Waals surface area (Å²) in [6, 6.07) is 164. The Hall–Kier alpha value is -18.1. The molecule has 0 bridgehead atoms. The van der Waals surface area contributed by atoms with Gasteiger partial charge in [-0.25, -0.2) is 59.8 Å². The van der Waals surface area contributed by atoms with Crippen LogP contribution in [0.25, 0.3) is 263 Å². The first kappa shape index (κ1) is 84.6. The van der Waals surface area contributed by atoms with Gasteiger partial charge in [0.25, 0.3) is 0 Å². The molecule has 27 aromatic rings. The van der Waals surface area contributed by atoms with Crippen LogP contribution >= 0.6 is 34.0 Å². The molecule has 141 heavy (non-hydrogen) atoms. The van der Waals surface area contributed by atoms with E-state index in [0.717, 1.165) is 153 Å². The molecule has 0 saturated carbocycles. The molecule has 0 unspecified atom stereocenters. The normalized spacial score (nSPS) is 11.4. The van der Waals surface area contributed by atoms with Gasteiger partial charge in [-0.05, 0) is 124 Å². The maximum atomic E-state index is 5.30. The summed E-state index contributed by atoms with van der Waals surface area (Å²) in [6.45, 7) is 0. The lowest BCUT2D eigenvalue weighted by Crippen LogP contribution is -2.00. The molecule has 0 saturated heterocycles. The Balaban J connectivity index is 0.000000111. The summed E-state index contributed by atoms with van der Waals surface area (Å²) in [5, 5.41) is 16.9. The predicted octanol–water partition coefficient (Wildman–Crippen LogP) is 33.4. The van der Waals surface area contributed by atoms with Gasteiger partial charge in [-0.2, -0.15) is 0 Å². The molecule has 6 aromatic heterocycles. The van der Waals surface area contributed by atoms with Crippen LogP contribution in [0.4, 0.5) is 0 Å². The number of benzene rings is 21. The van der Waals surface area contributed by atoms with Crippen LogP contribution in [0.3, 0.4) is 0 Å². The van der Waals surface area contributed by atoms with Crippen molar-refractivity contribution in [2.24, 2.45) is 0 Å². The van der Waals surface area contributed by atoms with Gasteiger partial charge in [0.1, 0.15) is 15.0 Å². The van der Waals surface area contributed by atoms with Crippen LogP contribution < -0.4 is 0 Å². The highest BCUT2D eigenvalue weighted by Gasteiger charge is 2.23. The lowest BCUT2D eigenvalue weighted by Gasteiger charge is -2.11. The lowest BCUT2D eigenvalue weighted by atomic mass is 9.99. The van der Waals surface area contributed by atoms with E-state index in [2.05, 4.69) is 328 Å². The van der Waals surface area contributed by atoms with Crippen molar-refractivity contribution in [1.82, 2.24) is 59.8 Å². The molecular formula is C126H78N12S3. The van der Waals surface area contributed by atoms with Crippen molar-refractivity contribution in [2.75, 3.05) is 0 Å². The number of aromatic nitrogens is 12. The number of rotatable bonds is 15. The Labute approximate surface area is 823 Å². The summed E-state index contributed by atoms with van der Waals surface area (Å²) in [5.74, 6) is 5.81. The number of fused-ring (bicyclic) bond motifs is 15. The van der Waals surface area contributed by atoms with E-state index in [1.165, 1.54) is 57.7 Å². The summed E-state index contributed by atoms with van der Waals surface area (Å²) in [5.41, 5.74) is 22.0. The van der Waals surface area contributed by atoms with E-state index in [-0.39, 0.29) is 0 Å². The third-order valence-electron chi connectivity index (χ3n) is 25.6. The van der Waals surface area contributed by atoms with Crippen molar-refractivity contribution in [1.29, 1.82) is 0 Å². The standard InChI is InChI=1S/3C42H26N4S/c1-4-12-27(13-5-1)33-18-10-11-19-35(33)42-43-38-36(47-42)25-23-28-20-21-31-26-32(22-24-34(31)37(28)38)41-45-39(29-14-6-2-7-15-29)44-40(46-41)30-16-8-3-9-17-30;1-4-11-27(12-5-1)31-17-10-18-33(25-31)40-44-39(29-13-6-2-7-14-29)45-41(46-40)34-21-23-35-32(26-34)20-19-28-22-24-36-38(37(28)35)43-42(47-36)30-15-8-3-9-16-30;1-4-10-27(11-5-1)28-16-19-31(20-17-28)40-44-39(30-12-6-2-7-13-30)45-41(46-40)34-22-24-35-33(26-34)21-18-29-23-25-36-38(37(29)35)43-42(47-36)32-14-8-3-9-15-32/h3*1-26H. The van der Waals surface area contributed by atoms with Gasteiger partial charge in [-0.3, -0.25) is 0 Å². The molecule has 0 atom stereocenters. The second-order valence-corrected chi connectivity index (χ2v) is 37.6. The molecule has 0 N–H and O–H groups in total. The van der Waals surface area contributed by atoms with Gasteiger partial charge in [0.2, 0.25) is 0 Å². The molecule has 0 aliphatic heterocycles. The number of hydrogen-bond donors (Lipinski definition) is 0. The van der Waals surface area contributed by atoms with E-state index in [9.17, 15) is 0 Å². The molecule has 12 nitrogen and oxygen atoms in total. The molecule has 27 rings (SSSR count). The van der Waals surface area contributed by atoms with E-state index >= 15 is 0 Å². The van der Waals surface area contributed by atoms with Gasteiger partial charge < -0.3 is 0 Å². The van der Waals surface area contributed by atoms with Crippen LogP contribution in [-0.2, 0) is 0 Å². The number of hydrogen-bond acceptors (Lipinski definition) is 15. The topological polar surface area (TPSA) is 155 Å². The van der Waals surface area contributed by atoms with Gasteiger partial charge in [0, 0.05) is 82.9 Å². The van der Waals surface area contributed by atoms with E-state index in [1.54, 1.807) is 34.0 Å². The average molecular weight is 1860 g/mol. The van der Waals surface area contributed by atoms with Gasteiger partial charge in [-0.1, -0.05) is 431 Å². The summed E-state index contributed by atoms with van der Waals surface area (Å²) in [4.78, 5) is 60.3. The minimum absolute atomic E-state index is 0.638. The molecule has 0 aliphatic carbocycles. The molecule has 6 heterocycles. The third-order valence-corrected chi connectivity index (χ3v) is 28.8. The first-order valence-electron chi connectivity index (χ1n) is 46.7. The quantitative estimate of drug-likeness (QED) is 0.0897. The van der Waals surface area contributed by atoms with Crippen molar-refractivity contribution in [3.8, 4) is 168 Å². The van der Waals surface area contributed by atoms with Crippen LogP contribution in [0.1, 0.15) is 0 Å². The minimum atomic E-state index is 0.638. The van der Waals surface area contributed by atoms with E-state index in [4.69, 9.17) is 59.8 Å². The summed E-state index contributed by atoms with van der Waals surface area (Å²) in [7, 11) is 0. The Morgan fingerprint density at radius 2 is 0.348 bits per heavy atom. The molecular weight excluding hydrogens is 1780 g/mol. The monoisotopic (exact) mass is 1850 g/mol. The largest absolute Gasteiger partial charge is 0.235 e. The lowest BCUT2D eigenvalue weighted by molar-refractivity contribution is 1.07. The average Bonchev–Trinajstić information content (AvgIpc) is 1.67. The molecule has 0 amide bonds. The molecule has 15 heteroatoms.